The van der Waals surface area contributed by atoms with Gasteiger partial charge >= 0.3 is 0 Å². The molecule has 1 heterocycles. The van der Waals surface area contributed by atoms with Gasteiger partial charge in [-0.1, -0.05) is 60.1 Å². The lowest BCUT2D eigenvalue weighted by molar-refractivity contribution is -1.02. The van der Waals surface area contributed by atoms with E-state index in [1.807, 2.05) is 55.5 Å². The summed E-state index contributed by atoms with van der Waals surface area (Å²) < 4.78 is 0. The van der Waals surface area contributed by atoms with Gasteiger partial charge in [0.1, 0.15) is 32.7 Å². The summed E-state index contributed by atoms with van der Waals surface area (Å²) in [6, 6.07) is 17.9. The summed E-state index contributed by atoms with van der Waals surface area (Å²) in [6.07, 6.45) is 0. The molecule has 2 aromatic carbocycles. The summed E-state index contributed by atoms with van der Waals surface area (Å²) in [6.45, 7) is 7.35. The fraction of sp³-hybridized carbons (Fsp3) is 0.333. The average molecular weight is 387 g/mol. The molecule has 1 amide bonds. The van der Waals surface area contributed by atoms with E-state index in [0.717, 1.165) is 49.0 Å². The monoisotopic (exact) mass is 386 g/mol. The Kier molecular flexibility index (Phi) is 6.98. The number of halogens is 1. The number of benzene rings is 2. The molecule has 0 bridgehead atoms. The summed E-state index contributed by atoms with van der Waals surface area (Å²) in [5.74, 6) is -0.0326. The van der Waals surface area contributed by atoms with Crippen LogP contribution in [0.5, 0.6) is 0 Å². The Balaban J connectivity index is 1.42. The van der Waals surface area contributed by atoms with Crippen molar-refractivity contribution >= 4 is 23.2 Å². The van der Waals surface area contributed by atoms with Crippen molar-refractivity contribution in [3.05, 3.63) is 70.7 Å². The van der Waals surface area contributed by atoms with E-state index in [1.165, 1.54) is 15.4 Å². The highest BCUT2D eigenvalue weighted by Crippen LogP contribution is 2.13. The zero-order chi connectivity index (χ0) is 19.1. The maximum atomic E-state index is 12.2. The van der Waals surface area contributed by atoms with Crippen LogP contribution in [-0.4, -0.2) is 44.3 Å². The van der Waals surface area contributed by atoms with E-state index < -0.39 is 0 Å². The minimum atomic E-state index is -0.0326. The molecular weight excluding hydrogens is 360 g/mol. The quantitative estimate of drug-likeness (QED) is 0.481. The van der Waals surface area contributed by atoms with E-state index >= 15 is 0 Å². The van der Waals surface area contributed by atoms with Crippen LogP contribution in [0.1, 0.15) is 18.1 Å². The van der Waals surface area contributed by atoms with Crippen LogP contribution in [0.3, 0.4) is 0 Å². The standard InChI is InChI=1S/C21H25ClN4O/c1-17(18-7-3-2-4-8-18)23-24-21(27)16-26-13-11-25(12-14-26)15-19-9-5-6-10-20(19)22/h2-10H,11-16H2,1H3,(H,24,27)/p+2/b23-17-. The van der Waals surface area contributed by atoms with Crippen molar-refractivity contribution in [3.8, 4) is 0 Å². The Hall–Kier alpha value is -2.21. The number of carbonyl (C=O) groups excluding carboxylic acids is 1. The molecule has 0 saturated carbocycles. The normalized spacial score (nSPS) is 20.3. The second-order valence-electron chi connectivity index (χ2n) is 7.04. The molecule has 3 rings (SSSR count). The van der Waals surface area contributed by atoms with Gasteiger partial charge in [0, 0.05) is 10.6 Å². The van der Waals surface area contributed by atoms with Crippen molar-refractivity contribution in [2.75, 3.05) is 32.7 Å². The van der Waals surface area contributed by atoms with Crippen LogP contribution in [-0.2, 0) is 11.3 Å². The highest BCUT2D eigenvalue weighted by Gasteiger charge is 2.25. The molecule has 0 aromatic heterocycles. The van der Waals surface area contributed by atoms with Crippen LogP contribution in [0.2, 0.25) is 5.02 Å². The molecule has 1 fully saturated rings. The van der Waals surface area contributed by atoms with Gasteiger partial charge in [0.15, 0.2) is 6.54 Å². The second-order valence-corrected chi connectivity index (χ2v) is 7.45. The Morgan fingerprint density at radius 1 is 1.00 bits per heavy atom. The molecule has 1 saturated heterocycles. The average Bonchev–Trinajstić information content (AvgIpc) is 2.70. The van der Waals surface area contributed by atoms with E-state index in [2.05, 4.69) is 16.6 Å². The molecule has 0 spiro atoms. The van der Waals surface area contributed by atoms with Crippen LogP contribution in [0, 0.1) is 0 Å². The summed E-state index contributed by atoms with van der Waals surface area (Å²) in [5, 5.41) is 5.06. The minimum absolute atomic E-state index is 0.0326. The van der Waals surface area contributed by atoms with Crippen molar-refractivity contribution in [1.82, 2.24) is 5.43 Å². The third-order valence-corrected chi connectivity index (χ3v) is 5.38. The van der Waals surface area contributed by atoms with Crippen LogP contribution in [0.15, 0.2) is 59.7 Å². The SMILES string of the molecule is C/C(=N/NC(=O)C[NH+]1CC[NH+](Cc2ccccc2Cl)CC1)c1ccccc1. The lowest BCUT2D eigenvalue weighted by Gasteiger charge is -2.29. The molecule has 0 unspecified atom stereocenters. The zero-order valence-corrected chi connectivity index (χ0v) is 16.4. The first kappa shape index (κ1) is 19.5. The maximum absolute atomic E-state index is 12.2. The van der Waals surface area contributed by atoms with Gasteiger partial charge in [0.25, 0.3) is 5.91 Å². The first-order valence-corrected chi connectivity index (χ1v) is 9.78. The van der Waals surface area contributed by atoms with Crippen molar-refractivity contribution < 1.29 is 14.6 Å². The number of carbonyl (C=O) groups is 1. The van der Waals surface area contributed by atoms with E-state index in [4.69, 9.17) is 11.6 Å². The molecule has 27 heavy (non-hydrogen) atoms. The smallest absolute Gasteiger partial charge is 0.295 e. The van der Waals surface area contributed by atoms with E-state index in [-0.39, 0.29) is 5.91 Å². The van der Waals surface area contributed by atoms with Crippen molar-refractivity contribution in [2.45, 2.75) is 13.5 Å². The van der Waals surface area contributed by atoms with Crippen molar-refractivity contribution in [3.63, 3.8) is 0 Å². The molecule has 3 N–H and O–H groups in total. The molecule has 2 aromatic rings. The predicted molar refractivity (Wildman–Crippen MR) is 108 cm³/mol. The number of quaternary nitrogens is 2. The molecule has 0 aliphatic carbocycles. The molecule has 0 atom stereocenters. The van der Waals surface area contributed by atoms with Crippen molar-refractivity contribution in [1.29, 1.82) is 0 Å². The van der Waals surface area contributed by atoms with E-state index in [0.29, 0.717) is 6.54 Å². The first-order valence-electron chi connectivity index (χ1n) is 9.41. The molecule has 142 valence electrons. The van der Waals surface area contributed by atoms with Crippen LogP contribution in [0.25, 0.3) is 0 Å². The number of nitrogens with zero attached hydrogens (tertiary/aromatic N) is 1. The van der Waals surface area contributed by atoms with Gasteiger partial charge in [-0.25, -0.2) is 5.43 Å². The second kappa shape index (κ2) is 9.65. The van der Waals surface area contributed by atoms with E-state index in [1.54, 1.807) is 0 Å². The number of rotatable bonds is 6. The third-order valence-electron chi connectivity index (χ3n) is 5.01. The zero-order valence-electron chi connectivity index (χ0n) is 15.7. The molecular formula is C21H27ClN4O+2. The van der Waals surface area contributed by atoms with Gasteiger partial charge in [0.2, 0.25) is 0 Å². The Morgan fingerprint density at radius 2 is 1.63 bits per heavy atom. The fourth-order valence-corrected chi connectivity index (χ4v) is 3.58. The van der Waals surface area contributed by atoms with Crippen molar-refractivity contribution in [2.24, 2.45) is 5.10 Å². The lowest BCUT2D eigenvalue weighted by atomic mass is 10.1. The summed E-state index contributed by atoms with van der Waals surface area (Å²) in [7, 11) is 0. The van der Waals surface area contributed by atoms with Crippen LogP contribution in [0.4, 0.5) is 0 Å². The highest BCUT2D eigenvalue weighted by molar-refractivity contribution is 6.31. The molecule has 6 heteroatoms. The summed E-state index contributed by atoms with van der Waals surface area (Å²) >= 11 is 6.26. The predicted octanol–water partition coefficient (Wildman–Crippen LogP) is 0.164. The number of hydrazone groups is 1. The van der Waals surface area contributed by atoms with E-state index in [9.17, 15) is 4.79 Å². The van der Waals surface area contributed by atoms with Gasteiger partial charge in [-0.2, -0.15) is 5.10 Å². The first-order chi connectivity index (χ1) is 13.1. The van der Waals surface area contributed by atoms with Gasteiger partial charge in [-0.15, -0.1) is 0 Å². The van der Waals surface area contributed by atoms with Gasteiger partial charge < -0.3 is 9.80 Å². The summed E-state index contributed by atoms with van der Waals surface area (Å²) in [4.78, 5) is 15.0. The topological polar surface area (TPSA) is 50.3 Å². The summed E-state index contributed by atoms with van der Waals surface area (Å²) in [5.41, 5.74) is 5.71. The Morgan fingerprint density at radius 3 is 2.33 bits per heavy atom. The number of piperazine rings is 1. The number of nitrogens with one attached hydrogen (secondary N) is 3. The number of amides is 1. The van der Waals surface area contributed by atoms with Crippen LogP contribution < -0.4 is 15.2 Å². The maximum Gasteiger partial charge on any atom is 0.295 e. The highest BCUT2D eigenvalue weighted by atomic mass is 35.5. The Labute approximate surface area is 165 Å². The van der Waals surface area contributed by atoms with Gasteiger partial charge in [0.05, 0.1) is 5.71 Å². The van der Waals surface area contributed by atoms with Gasteiger partial charge in [-0.3, -0.25) is 4.79 Å². The fourth-order valence-electron chi connectivity index (χ4n) is 3.38. The largest absolute Gasteiger partial charge is 0.322 e. The third kappa shape index (κ3) is 5.89. The molecule has 1 aliphatic rings. The molecule has 0 radical (unpaired) electrons. The minimum Gasteiger partial charge on any atom is -0.322 e. The molecule has 5 nitrogen and oxygen atoms in total. The number of hydrogen-bond donors (Lipinski definition) is 3. The van der Waals surface area contributed by atoms with Crippen LogP contribution >= 0.6 is 11.6 Å². The number of hydrogen-bond acceptors (Lipinski definition) is 2. The lowest BCUT2D eigenvalue weighted by Crippen LogP contribution is -3.28. The van der Waals surface area contributed by atoms with Gasteiger partial charge in [-0.05, 0) is 18.6 Å². The molecule has 1 aliphatic heterocycles. The Bertz CT molecular complexity index is 786.